The molecular formula is C18H22FN. The molecule has 0 unspecified atom stereocenters. The summed E-state index contributed by atoms with van der Waals surface area (Å²) in [6.07, 6.45) is 0. The monoisotopic (exact) mass is 271 g/mol. The number of rotatable bonds is 3. The van der Waals surface area contributed by atoms with Gasteiger partial charge in [-0.25, -0.2) is 4.39 Å². The predicted octanol–water partition coefficient (Wildman–Crippen LogP) is 4.45. The summed E-state index contributed by atoms with van der Waals surface area (Å²) in [4.78, 5) is 0. The zero-order chi connectivity index (χ0) is 14.9. The molecule has 0 spiro atoms. The molecule has 20 heavy (non-hydrogen) atoms. The van der Waals surface area contributed by atoms with E-state index in [1.807, 2.05) is 19.2 Å². The normalized spacial score (nSPS) is 10.9. The van der Waals surface area contributed by atoms with Gasteiger partial charge in [0.2, 0.25) is 0 Å². The Hall–Kier alpha value is -1.67. The van der Waals surface area contributed by atoms with Crippen LogP contribution in [0, 0.1) is 33.5 Å². The summed E-state index contributed by atoms with van der Waals surface area (Å²) >= 11 is 0. The van der Waals surface area contributed by atoms with E-state index in [0.29, 0.717) is 12.1 Å². The lowest BCUT2D eigenvalue weighted by Crippen LogP contribution is -2.05. The zero-order valence-corrected chi connectivity index (χ0v) is 12.9. The molecule has 0 radical (unpaired) electrons. The third-order valence-electron chi connectivity index (χ3n) is 4.05. The molecule has 2 aromatic carbocycles. The lowest BCUT2D eigenvalue weighted by molar-refractivity contribution is 0.627. The van der Waals surface area contributed by atoms with Crippen LogP contribution in [0.4, 0.5) is 4.39 Å². The molecule has 2 rings (SSSR count). The number of nitrogens with one attached hydrogen (secondary N) is 1. The molecule has 0 bridgehead atoms. The Kier molecular flexibility index (Phi) is 4.24. The van der Waals surface area contributed by atoms with Gasteiger partial charge < -0.3 is 5.32 Å². The Balaban J connectivity index is 2.63. The number of hydrogen-bond acceptors (Lipinski definition) is 1. The first kappa shape index (κ1) is 14.7. The molecule has 1 nitrogen and oxygen atoms in total. The van der Waals surface area contributed by atoms with E-state index in [1.165, 1.54) is 11.1 Å². The lowest BCUT2D eigenvalue weighted by atomic mass is 9.89. The van der Waals surface area contributed by atoms with E-state index >= 15 is 0 Å². The minimum absolute atomic E-state index is 0.144. The van der Waals surface area contributed by atoms with Crippen molar-refractivity contribution in [3.05, 3.63) is 57.9 Å². The first-order valence-corrected chi connectivity index (χ1v) is 6.96. The molecular weight excluding hydrogens is 249 g/mol. The zero-order valence-electron chi connectivity index (χ0n) is 12.9. The largest absolute Gasteiger partial charge is 0.316 e. The van der Waals surface area contributed by atoms with E-state index in [4.69, 9.17) is 0 Å². The smallest absolute Gasteiger partial charge is 0.131 e. The van der Waals surface area contributed by atoms with Gasteiger partial charge in [0, 0.05) is 12.1 Å². The standard InChI is InChI=1S/C18H22FN/c1-11-8-12(2)14(4)18(13(11)3)16-7-6-15(10-20-5)9-17(16)19/h6-9,20H,10H2,1-5H3. The number of aryl methyl sites for hydroxylation is 2. The second-order valence-electron chi connectivity index (χ2n) is 5.48. The fourth-order valence-electron chi connectivity index (χ4n) is 2.70. The van der Waals surface area contributed by atoms with Crippen molar-refractivity contribution in [2.45, 2.75) is 34.2 Å². The van der Waals surface area contributed by atoms with Crippen LogP contribution in [-0.4, -0.2) is 7.05 Å². The highest BCUT2D eigenvalue weighted by molar-refractivity contribution is 5.74. The van der Waals surface area contributed by atoms with Crippen molar-refractivity contribution in [1.29, 1.82) is 0 Å². The minimum Gasteiger partial charge on any atom is -0.316 e. The summed E-state index contributed by atoms with van der Waals surface area (Å²) in [5.74, 6) is -0.144. The molecule has 0 aliphatic carbocycles. The Morgan fingerprint density at radius 2 is 1.55 bits per heavy atom. The van der Waals surface area contributed by atoms with Crippen LogP contribution in [0.5, 0.6) is 0 Å². The fraction of sp³-hybridized carbons (Fsp3) is 0.333. The lowest BCUT2D eigenvalue weighted by Gasteiger charge is -2.16. The molecule has 0 aromatic heterocycles. The van der Waals surface area contributed by atoms with Crippen LogP contribution in [0.1, 0.15) is 27.8 Å². The molecule has 0 atom stereocenters. The van der Waals surface area contributed by atoms with Gasteiger partial charge in [0.25, 0.3) is 0 Å². The van der Waals surface area contributed by atoms with Crippen molar-refractivity contribution in [3.63, 3.8) is 0 Å². The van der Waals surface area contributed by atoms with Crippen LogP contribution in [0.25, 0.3) is 11.1 Å². The highest BCUT2D eigenvalue weighted by atomic mass is 19.1. The van der Waals surface area contributed by atoms with Gasteiger partial charge in [-0.05, 0) is 74.2 Å². The Morgan fingerprint density at radius 3 is 2.05 bits per heavy atom. The molecule has 2 heteroatoms. The summed E-state index contributed by atoms with van der Waals surface area (Å²) in [6.45, 7) is 8.98. The van der Waals surface area contributed by atoms with Crippen molar-refractivity contribution in [3.8, 4) is 11.1 Å². The molecule has 0 saturated heterocycles. The molecule has 0 aliphatic rings. The van der Waals surface area contributed by atoms with Crippen LogP contribution < -0.4 is 5.32 Å². The maximum absolute atomic E-state index is 14.5. The van der Waals surface area contributed by atoms with Crippen LogP contribution >= 0.6 is 0 Å². The van der Waals surface area contributed by atoms with Gasteiger partial charge in [0.15, 0.2) is 0 Å². The molecule has 2 aromatic rings. The van der Waals surface area contributed by atoms with Crippen molar-refractivity contribution in [1.82, 2.24) is 5.32 Å². The first-order valence-electron chi connectivity index (χ1n) is 6.96. The van der Waals surface area contributed by atoms with Gasteiger partial charge in [-0.1, -0.05) is 18.2 Å². The van der Waals surface area contributed by atoms with Crippen molar-refractivity contribution >= 4 is 0 Å². The Bertz CT molecular complexity index is 618. The molecule has 106 valence electrons. The summed E-state index contributed by atoms with van der Waals surface area (Å²) in [6, 6.07) is 7.69. The van der Waals surface area contributed by atoms with Crippen molar-refractivity contribution < 1.29 is 4.39 Å². The van der Waals surface area contributed by atoms with Gasteiger partial charge in [-0.2, -0.15) is 0 Å². The second kappa shape index (κ2) is 5.76. The maximum atomic E-state index is 14.5. The van der Waals surface area contributed by atoms with Gasteiger partial charge in [0.1, 0.15) is 5.82 Å². The van der Waals surface area contributed by atoms with Crippen LogP contribution in [0.3, 0.4) is 0 Å². The van der Waals surface area contributed by atoms with E-state index in [1.54, 1.807) is 6.07 Å². The van der Waals surface area contributed by atoms with E-state index in [2.05, 4.69) is 39.1 Å². The fourth-order valence-corrected chi connectivity index (χ4v) is 2.70. The third-order valence-corrected chi connectivity index (χ3v) is 4.05. The molecule has 0 amide bonds. The average molecular weight is 271 g/mol. The molecule has 1 N–H and O–H groups in total. The van der Waals surface area contributed by atoms with Gasteiger partial charge in [-0.15, -0.1) is 0 Å². The Labute approximate surface area is 120 Å². The molecule has 0 fully saturated rings. The summed E-state index contributed by atoms with van der Waals surface area (Å²) < 4.78 is 14.5. The Morgan fingerprint density at radius 1 is 0.950 bits per heavy atom. The SMILES string of the molecule is CNCc1ccc(-c2c(C)c(C)cc(C)c2C)c(F)c1. The van der Waals surface area contributed by atoms with E-state index in [9.17, 15) is 4.39 Å². The topological polar surface area (TPSA) is 12.0 Å². The van der Waals surface area contributed by atoms with Crippen LogP contribution in [0.15, 0.2) is 24.3 Å². The number of hydrogen-bond donors (Lipinski definition) is 1. The summed E-state index contributed by atoms with van der Waals surface area (Å²) in [5, 5.41) is 3.04. The molecule has 0 saturated carbocycles. The van der Waals surface area contributed by atoms with Crippen LogP contribution in [-0.2, 0) is 6.54 Å². The van der Waals surface area contributed by atoms with Gasteiger partial charge in [0.05, 0.1) is 0 Å². The van der Waals surface area contributed by atoms with Gasteiger partial charge in [-0.3, -0.25) is 0 Å². The van der Waals surface area contributed by atoms with E-state index in [-0.39, 0.29) is 5.82 Å². The molecule has 0 aliphatic heterocycles. The summed E-state index contributed by atoms with van der Waals surface area (Å²) in [7, 11) is 1.87. The predicted molar refractivity (Wildman–Crippen MR) is 83.5 cm³/mol. The highest BCUT2D eigenvalue weighted by Gasteiger charge is 2.14. The molecule has 0 heterocycles. The van der Waals surface area contributed by atoms with Gasteiger partial charge >= 0.3 is 0 Å². The van der Waals surface area contributed by atoms with Crippen molar-refractivity contribution in [2.75, 3.05) is 7.05 Å². The average Bonchev–Trinajstić information content (AvgIpc) is 2.39. The maximum Gasteiger partial charge on any atom is 0.131 e. The first-order chi connectivity index (χ1) is 9.45. The highest BCUT2D eigenvalue weighted by Crippen LogP contribution is 2.33. The van der Waals surface area contributed by atoms with Crippen molar-refractivity contribution in [2.24, 2.45) is 0 Å². The number of halogens is 1. The number of benzene rings is 2. The summed E-state index contributed by atoms with van der Waals surface area (Å²) in [5.41, 5.74) is 7.45. The third kappa shape index (κ3) is 2.61. The van der Waals surface area contributed by atoms with E-state index in [0.717, 1.165) is 22.3 Å². The van der Waals surface area contributed by atoms with E-state index < -0.39 is 0 Å². The quantitative estimate of drug-likeness (QED) is 0.870. The van der Waals surface area contributed by atoms with Crippen LogP contribution in [0.2, 0.25) is 0 Å². The minimum atomic E-state index is -0.144. The second-order valence-corrected chi connectivity index (χ2v) is 5.48.